The zero-order valence-electron chi connectivity index (χ0n) is 11.0. The van der Waals surface area contributed by atoms with Gasteiger partial charge in [0.15, 0.2) is 17.2 Å². The Kier molecular flexibility index (Phi) is 3.01. The number of hydrogen-bond acceptors (Lipinski definition) is 4. The predicted molar refractivity (Wildman–Crippen MR) is 67.3 cm³/mol. The van der Waals surface area contributed by atoms with Crippen LogP contribution in [0.3, 0.4) is 0 Å². The van der Waals surface area contributed by atoms with Crippen molar-refractivity contribution in [2.24, 2.45) is 0 Å². The summed E-state index contributed by atoms with van der Waals surface area (Å²) in [5.41, 5.74) is -1.43. The average Bonchev–Trinajstić information content (AvgIpc) is 2.84. The first kappa shape index (κ1) is 14.2. The first-order chi connectivity index (χ1) is 10.3. The van der Waals surface area contributed by atoms with Crippen LogP contribution in [0.15, 0.2) is 27.7 Å². The van der Waals surface area contributed by atoms with Gasteiger partial charge in [0.25, 0.3) is 5.92 Å². The lowest BCUT2D eigenvalue weighted by Crippen LogP contribution is -2.10. The summed E-state index contributed by atoms with van der Waals surface area (Å²) < 4.78 is 58.1. The molecule has 0 aliphatic carbocycles. The SMILES string of the molecule is CC(F)(F)c1cnc(-c2cc(F)c(F)c3[nH]c(=O)oc23)cn1. The van der Waals surface area contributed by atoms with Gasteiger partial charge in [-0.1, -0.05) is 0 Å². The quantitative estimate of drug-likeness (QED) is 0.738. The molecule has 3 aromatic rings. The Balaban J connectivity index is 2.22. The van der Waals surface area contributed by atoms with Crippen molar-refractivity contribution < 1.29 is 22.0 Å². The number of oxazole rings is 1. The number of hydrogen-bond donors (Lipinski definition) is 1. The summed E-state index contributed by atoms with van der Waals surface area (Å²) >= 11 is 0. The number of H-pyrrole nitrogens is 1. The summed E-state index contributed by atoms with van der Waals surface area (Å²) in [6.07, 6.45) is 1.78. The fourth-order valence-corrected chi connectivity index (χ4v) is 1.93. The molecule has 0 aliphatic heterocycles. The van der Waals surface area contributed by atoms with Crippen molar-refractivity contribution in [2.45, 2.75) is 12.8 Å². The number of aromatic nitrogens is 3. The second-order valence-corrected chi connectivity index (χ2v) is 4.61. The summed E-state index contributed by atoms with van der Waals surface area (Å²) in [6, 6.07) is 0.752. The third-order valence-electron chi connectivity index (χ3n) is 2.97. The lowest BCUT2D eigenvalue weighted by Gasteiger charge is -2.09. The fraction of sp³-hybridized carbons (Fsp3) is 0.154. The largest absolute Gasteiger partial charge is 0.417 e. The number of nitrogens with one attached hydrogen (secondary N) is 1. The lowest BCUT2D eigenvalue weighted by molar-refractivity contribution is 0.0124. The molecule has 1 N–H and O–H groups in total. The van der Waals surface area contributed by atoms with Gasteiger partial charge in [0.2, 0.25) is 0 Å². The van der Waals surface area contributed by atoms with E-state index in [1.54, 1.807) is 0 Å². The standard InChI is InChI=1S/C13H7F4N3O2/c1-13(16,17)8-4-18-7(3-19-8)5-2-6(14)9(15)10-11(5)22-12(21)20-10/h2-4H,1H3,(H,20,21). The van der Waals surface area contributed by atoms with Gasteiger partial charge in [-0.25, -0.2) is 13.6 Å². The number of halogens is 4. The van der Waals surface area contributed by atoms with Crippen LogP contribution in [0.4, 0.5) is 17.6 Å². The molecule has 0 fully saturated rings. The molecule has 22 heavy (non-hydrogen) atoms. The van der Waals surface area contributed by atoms with Crippen LogP contribution in [0, 0.1) is 11.6 Å². The van der Waals surface area contributed by atoms with Gasteiger partial charge in [0, 0.05) is 12.5 Å². The normalized spacial score (nSPS) is 12.0. The molecule has 0 spiro atoms. The van der Waals surface area contributed by atoms with E-state index < -0.39 is 34.5 Å². The highest BCUT2D eigenvalue weighted by atomic mass is 19.3. The molecule has 2 aromatic heterocycles. The highest BCUT2D eigenvalue weighted by molar-refractivity contribution is 5.89. The zero-order chi connectivity index (χ0) is 16.1. The Hall–Kier alpha value is -2.71. The zero-order valence-corrected chi connectivity index (χ0v) is 11.0. The summed E-state index contributed by atoms with van der Waals surface area (Å²) in [4.78, 5) is 20.5. The summed E-state index contributed by atoms with van der Waals surface area (Å²) in [6.45, 7) is 0.650. The fourth-order valence-electron chi connectivity index (χ4n) is 1.93. The minimum Gasteiger partial charge on any atom is -0.407 e. The van der Waals surface area contributed by atoms with E-state index in [-0.39, 0.29) is 16.8 Å². The third-order valence-corrected chi connectivity index (χ3v) is 2.97. The van der Waals surface area contributed by atoms with E-state index >= 15 is 0 Å². The van der Waals surface area contributed by atoms with E-state index in [1.165, 1.54) is 0 Å². The molecule has 9 heteroatoms. The second-order valence-electron chi connectivity index (χ2n) is 4.61. The number of rotatable bonds is 2. The van der Waals surface area contributed by atoms with Crippen molar-refractivity contribution in [3.05, 3.63) is 46.3 Å². The average molecular weight is 313 g/mol. The Labute approximate surface area is 119 Å². The lowest BCUT2D eigenvalue weighted by atomic mass is 10.1. The molecule has 0 saturated carbocycles. The number of aromatic amines is 1. The molecule has 1 aromatic carbocycles. The molecule has 0 unspecified atom stereocenters. The Morgan fingerprint density at radius 1 is 1.23 bits per heavy atom. The molecular weight excluding hydrogens is 306 g/mol. The molecule has 0 aliphatic rings. The van der Waals surface area contributed by atoms with Crippen molar-refractivity contribution in [3.8, 4) is 11.3 Å². The van der Waals surface area contributed by atoms with Crippen molar-refractivity contribution in [1.82, 2.24) is 15.0 Å². The van der Waals surface area contributed by atoms with Crippen molar-refractivity contribution in [1.29, 1.82) is 0 Å². The van der Waals surface area contributed by atoms with Gasteiger partial charge in [-0.15, -0.1) is 0 Å². The third kappa shape index (κ3) is 2.24. The Morgan fingerprint density at radius 3 is 2.55 bits per heavy atom. The maximum absolute atomic E-state index is 13.6. The van der Waals surface area contributed by atoms with Gasteiger partial charge in [-0.2, -0.15) is 8.78 Å². The number of nitrogens with zero attached hydrogens (tertiary/aromatic N) is 2. The van der Waals surface area contributed by atoms with Crippen LogP contribution in [-0.2, 0) is 5.92 Å². The first-order valence-electron chi connectivity index (χ1n) is 5.99. The van der Waals surface area contributed by atoms with Crippen LogP contribution >= 0.6 is 0 Å². The molecule has 2 heterocycles. The highest BCUT2D eigenvalue weighted by Crippen LogP contribution is 2.30. The van der Waals surface area contributed by atoms with E-state index in [1.807, 2.05) is 4.98 Å². The van der Waals surface area contributed by atoms with E-state index in [2.05, 4.69) is 9.97 Å². The second kappa shape index (κ2) is 4.65. The minimum atomic E-state index is -3.18. The van der Waals surface area contributed by atoms with Crippen molar-refractivity contribution in [2.75, 3.05) is 0 Å². The van der Waals surface area contributed by atoms with Gasteiger partial charge in [-0.3, -0.25) is 15.0 Å². The molecule has 0 radical (unpaired) electrons. The molecule has 0 atom stereocenters. The number of benzene rings is 1. The van der Waals surface area contributed by atoms with Crippen LogP contribution in [0.1, 0.15) is 12.6 Å². The smallest absolute Gasteiger partial charge is 0.407 e. The molecular formula is C13H7F4N3O2. The topological polar surface area (TPSA) is 71.8 Å². The van der Waals surface area contributed by atoms with E-state index in [0.29, 0.717) is 6.92 Å². The monoisotopic (exact) mass is 313 g/mol. The van der Waals surface area contributed by atoms with Crippen molar-refractivity contribution >= 4 is 11.1 Å². The number of alkyl halides is 2. The molecule has 114 valence electrons. The highest BCUT2D eigenvalue weighted by Gasteiger charge is 2.27. The van der Waals surface area contributed by atoms with Gasteiger partial charge in [0.05, 0.1) is 18.1 Å². The maximum Gasteiger partial charge on any atom is 0.417 e. The Morgan fingerprint density at radius 2 is 1.95 bits per heavy atom. The number of fused-ring (bicyclic) bond motifs is 1. The van der Waals surface area contributed by atoms with E-state index in [4.69, 9.17) is 4.42 Å². The Bertz CT molecular complexity index is 910. The van der Waals surface area contributed by atoms with Gasteiger partial charge in [-0.05, 0) is 6.07 Å². The molecule has 0 saturated heterocycles. The van der Waals surface area contributed by atoms with E-state index in [0.717, 1.165) is 18.5 Å². The summed E-state index contributed by atoms with van der Waals surface area (Å²) in [5, 5.41) is 0. The van der Waals surface area contributed by atoms with Crippen molar-refractivity contribution in [3.63, 3.8) is 0 Å². The molecule has 5 nitrogen and oxygen atoms in total. The summed E-state index contributed by atoms with van der Waals surface area (Å²) in [7, 11) is 0. The minimum absolute atomic E-state index is 0.0420. The van der Waals surface area contributed by atoms with Crippen LogP contribution < -0.4 is 5.76 Å². The maximum atomic E-state index is 13.6. The summed E-state index contributed by atoms with van der Waals surface area (Å²) in [5.74, 6) is -6.69. The van der Waals surface area contributed by atoms with Gasteiger partial charge >= 0.3 is 5.76 Å². The van der Waals surface area contributed by atoms with Crippen LogP contribution in [0.2, 0.25) is 0 Å². The molecule has 3 rings (SSSR count). The van der Waals surface area contributed by atoms with Gasteiger partial charge in [0.1, 0.15) is 11.2 Å². The van der Waals surface area contributed by atoms with E-state index in [9.17, 15) is 22.4 Å². The molecule has 0 amide bonds. The van der Waals surface area contributed by atoms with Crippen LogP contribution in [0.5, 0.6) is 0 Å². The van der Waals surface area contributed by atoms with Crippen LogP contribution in [-0.4, -0.2) is 15.0 Å². The van der Waals surface area contributed by atoms with Crippen LogP contribution in [0.25, 0.3) is 22.4 Å². The molecule has 0 bridgehead atoms. The van der Waals surface area contributed by atoms with Gasteiger partial charge < -0.3 is 4.42 Å². The predicted octanol–water partition coefficient (Wildman–Crippen LogP) is 2.97. The first-order valence-corrected chi connectivity index (χ1v) is 5.99.